The predicted molar refractivity (Wildman–Crippen MR) is 73.9 cm³/mol. The summed E-state index contributed by atoms with van der Waals surface area (Å²) in [6, 6.07) is 15.3. The van der Waals surface area contributed by atoms with E-state index in [4.69, 9.17) is 5.14 Å². The lowest BCUT2D eigenvalue weighted by Crippen LogP contribution is -2.20. The first-order valence-electron chi connectivity index (χ1n) is 5.66. The van der Waals surface area contributed by atoms with Crippen LogP contribution in [0.15, 0.2) is 65.6 Å². The van der Waals surface area contributed by atoms with E-state index in [1.165, 1.54) is 41.7 Å². The third-order valence-electron chi connectivity index (χ3n) is 2.13. The van der Waals surface area contributed by atoms with Crippen LogP contribution >= 0.6 is 0 Å². The summed E-state index contributed by atoms with van der Waals surface area (Å²) in [5, 5.41) is 6.21. The number of nitrogens with one attached hydrogen (secondary N) is 1. The molecule has 0 aromatic heterocycles. The number of rotatable bonds is 2. The van der Waals surface area contributed by atoms with Gasteiger partial charge in [-0.25, -0.2) is 13.6 Å². The smallest absolute Gasteiger partial charge is 0.298 e. The highest BCUT2D eigenvalue weighted by atomic mass is 32.2. The van der Waals surface area contributed by atoms with Crippen LogP contribution in [-0.2, 0) is 10.0 Å². The maximum atomic E-state index is 11.6. The molecule has 21 heavy (non-hydrogen) atoms. The summed E-state index contributed by atoms with van der Waals surface area (Å²) in [5.74, 6) is 0. The van der Waals surface area contributed by atoms with E-state index in [0.29, 0.717) is 0 Å². The highest BCUT2D eigenvalue weighted by Crippen LogP contribution is 2.18. The molecule has 3 N–H and O–H groups in total. The van der Waals surface area contributed by atoms with Crippen molar-refractivity contribution >= 4 is 15.7 Å². The van der Waals surface area contributed by atoms with Gasteiger partial charge in [0.15, 0.2) is 0 Å². The fraction of sp³-hybridized carbons (Fsp3) is 0.0769. The average Bonchev–Trinajstić information content (AvgIpc) is 2.39. The number of para-hydroxylation sites is 1. The maximum absolute atomic E-state index is 11.6. The third kappa shape index (κ3) is 7.33. The molecular weight excluding hydrogens is 305 g/mol. The topological polar surface area (TPSA) is 72.2 Å². The Morgan fingerprint density at radius 1 is 0.857 bits per heavy atom. The molecule has 8 heteroatoms. The lowest BCUT2D eigenvalue weighted by Gasteiger charge is -2.08. The van der Waals surface area contributed by atoms with Gasteiger partial charge in [-0.1, -0.05) is 36.4 Å². The molecule has 114 valence electrons. The zero-order valence-electron chi connectivity index (χ0n) is 10.7. The SMILES string of the molecule is FC(F)(F)Nc1ccccc1.NS(=O)(=O)c1ccccc1. The molecule has 0 bridgehead atoms. The first-order valence-corrected chi connectivity index (χ1v) is 7.21. The van der Waals surface area contributed by atoms with Crippen LogP contribution in [0.25, 0.3) is 0 Å². The van der Waals surface area contributed by atoms with Crippen molar-refractivity contribution in [3.63, 3.8) is 0 Å². The van der Waals surface area contributed by atoms with Gasteiger partial charge in [0.25, 0.3) is 0 Å². The molecule has 4 nitrogen and oxygen atoms in total. The van der Waals surface area contributed by atoms with Gasteiger partial charge in [0.2, 0.25) is 10.0 Å². The Hall–Kier alpha value is -2.06. The molecular formula is C13H13F3N2O2S. The Balaban J connectivity index is 0.000000211. The van der Waals surface area contributed by atoms with Gasteiger partial charge < -0.3 is 0 Å². The van der Waals surface area contributed by atoms with Crippen LogP contribution in [0.3, 0.4) is 0 Å². The molecule has 0 saturated carbocycles. The van der Waals surface area contributed by atoms with Crippen molar-refractivity contribution in [2.75, 3.05) is 5.32 Å². The van der Waals surface area contributed by atoms with Crippen LogP contribution in [0.4, 0.5) is 18.9 Å². The molecule has 0 fully saturated rings. The van der Waals surface area contributed by atoms with Crippen molar-refractivity contribution in [3.8, 4) is 0 Å². The minimum Gasteiger partial charge on any atom is -0.298 e. The minimum absolute atomic E-state index is 0.0556. The van der Waals surface area contributed by atoms with Gasteiger partial charge >= 0.3 is 6.30 Å². The van der Waals surface area contributed by atoms with Gasteiger partial charge in [0.05, 0.1) is 4.90 Å². The zero-order chi connectivity index (χ0) is 15.9. The molecule has 0 aliphatic heterocycles. The van der Waals surface area contributed by atoms with E-state index >= 15 is 0 Å². The van der Waals surface area contributed by atoms with E-state index in [2.05, 4.69) is 0 Å². The molecule has 0 saturated heterocycles. The Kier molecular flexibility index (Phi) is 5.74. The Bertz CT molecular complexity index is 644. The van der Waals surface area contributed by atoms with E-state index in [0.717, 1.165) is 0 Å². The normalized spacial score (nSPS) is 11.2. The van der Waals surface area contributed by atoms with E-state index in [9.17, 15) is 21.6 Å². The Morgan fingerprint density at radius 3 is 1.62 bits per heavy atom. The zero-order valence-corrected chi connectivity index (χ0v) is 11.5. The number of sulfonamides is 1. The number of halogens is 3. The summed E-state index contributed by atoms with van der Waals surface area (Å²) < 4.78 is 56.1. The van der Waals surface area contributed by atoms with Crippen LogP contribution in [-0.4, -0.2) is 14.7 Å². The van der Waals surface area contributed by atoms with Crippen molar-refractivity contribution in [1.82, 2.24) is 0 Å². The van der Waals surface area contributed by atoms with Gasteiger partial charge in [-0.15, -0.1) is 0 Å². The van der Waals surface area contributed by atoms with Crippen LogP contribution in [0, 0.1) is 0 Å². The predicted octanol–water partition coefficient (Wildman–Crippen LogP) is 2.95. The second-order valence-electron chi connectivity index (χ2n) is 3.85. The van der Waals surface area contributed by atoms with Crippen molar-refractivity contribution in [2.24, 2.45) is 5.14 Å². The van der Waals surface area contributed by atoms with E-state index < -0.39 is 16.3 Å². The second kappa shape index (κ2) is 7.09. The second-order valence-corrected chi connectivity index (χ2v) is 5.41. The van der Waals surface area contributed by atoms with Gasteiger partial charge in [-0.3, -0.25) is 5.32 Å². The fourth-order valence-electron chi connectivity index (χ4n) is 1.30. The van der Waals surface area contributed by atoms with Gasteiger partial charge in [0.1, 0.15) is 0 Å². The van der Waals surface area contributed by atoms with Gasteiger partial charge in [-0.05, 0) is 24.3 Å². The molecule has 2 aromatic rings. The third-order valence-corrected chi connectivity index (χ3v) is 3.06. The molecule has 2 rings (SSSR count). The summed E-state index contributed by atoms with van der Waals surface area (Å²) in [6.45, 7) is 0. The summed E-state index contributed by atoms with van der Waals surface area (Å²) in [5.41, 5.74) is 0.0556. The molecule has 2 aromatic carbocycles. The number of hydrogen-bond donors (Lipinski definition) is 2. The summed E-state index contributed by atoms with van der Waals surface area (Å²) in [7, 11) is -3.50. The lowest BCUT2D eigenvalue weighted by atomic mass is 10.3. The number of benzene rings is 2. The quantitative estimate of drug-likeness (QED) is 0.836. The average molecular weight is 318 g/mol. The van der Waals surface area contributed by atoms with E-state index in [1.807, 2.05) is 0 Å². The molecule has 0 amide bonds. The van der Waals surface area contributed by atoms with E-state index in [1.54, 1.807) is 24.3 Å². The number of primary sulfonamides is 1. The highest BCUT2D eigenvalue weighted by Gasteiger charge is 2.26. The maximum Gasteiger partial charge on any atom is 0.482 e. The molecule has 0 heterocycles. The van der Waals surface area contributed by atoms with Gasteiger partial charge in [-0.2, -0.15) is 13.2 Å². The molecule has 0 spiro atoms. The molecule has 0 radical (unpaired) electrons. The van der Waals surface area contributed by atoms with Crippen molar-refractivity contribution in [2.45, 2.75) is 11.2 Å². The summed E-state index contributed by atoms with van der Waals surface area (Å²) in [6.07, 6.45) is -4.35. The largest absolute Gasteiger partial charge is 0.482 e. The van der Waals surface area contributed by atoms with E-state index in [-0.39, 0.29) is 10.6 Å². The monoisotopic (exact) mass is 318 g/mol. The number of hydrogen-bond acceptors (Lipinski definition) is 3. The number of anilines is 1. The molecule has 0 unspecified atom stereocenters. The lowest BCUT2D eigenvalue weighted by molar-refractivity contribution is -0.0999. The van der Waals surface area contributed by atoms with Crippen LogP contribution in [0.5, 0.6) is 0 Å². The van der Waals surface area contributed by atoms with Crippen LogP contribution in [0.2, 0.25) is 0 Å². The molecule has 0 aliphatic carbocycles. The Labute approximate surface area is 120 Å². The molecule has 0 aliphatic rings. The van der Waals surface area contributed by atoms with Crippen LogP contribution in [0.1, 0.15) is 0 Å². The minimum atomic E-state index is -4.35. The van der Waals surface area contributed by atoms with Gasteiger partial charge in [0, 0.05) is 5.69 Å². The fourth-order valence-corrected chi connectivity index (χ4v) is 1.83. The standard InChI is InChI=1S/C7H6F3N.C6H7NO2S/c8-7(9,10)11-6-4-2-1-3-5-6;7-10(8,9)6-4-2-1-3-5-6/h1-5,11H;1-5H,(H2,7,8,9). The number of alkyl halides is 3. The summed E-state index contributed by atoms with van der Waals surface area (Å²) >= 11 is 0. The first kappa shape index (κ1) is 17.0. The highest BCUT2D eigenvalue weighted by molar-refractivity contribution is 7.89. The van der Waals surface area contributed by atoms with Crippen molar-refractivity contribution in [3.05, 3.63) is 60.7 Å². The first-order chi connectivity index (χ1) is 9.68. The van der Waals surface area contributed by atoms with Crippen LogP contribution < -0.4 is 10.5 Å². The number of nitrogens with two attached hydrogens (primary N) is 1. The van der Waals surface area contributed by atoms with Crippen molar-refractivity contribution < 1.29 is 21.6 Å². The van der Waals surface area contributed by atoms with Crippen molar-refractivity contribution in [1.29, 1.82) is 0 Å². The Morgan fingerprint density at radius 2 is 1.29 bits per heavy atom. The molecule has 0 atom stereocenters. The summed E-state index contributed by atoms with van der Waals surface area (Å²) in [4.78, 5) is 0.148.